The van der Waals surface area contributed by atoms with Crippen molar-refractivity contribution in [3.05, 3.63) is 0 Å². The molecule has 0 rings (SSSR count). The largest absolute Gasteiger partial charge is 0.469 e. The Bertz CT molecular complexity index is 159. The summed E-state index contributed by atoms with van der Waals surface area (Å²) < 4.78 is 9.71. The first-order valence-electron chi connectivity index (χ1n) is 4.36. The Kier molecular flexibility index (Phi) is 4.95. The van der Waals surface area contributed by atoms with Crippen LogP contribution in [0.4, 0.5) is 0 Å². The summed E-state index contributed by atoms with van der Waals surface area (Å²) in [6.45, 7) is 4.96. The number of esters is 1. The van der Waals surface area contributed by atoms with Gasteiger partial charge in [-0.1, -0.05) is 6.92 Å². The molecule has 0 saturated heterocycles. The first kappa shape index (κ1) is 12.4. The Morgan fingerprint density at radius 3 is 2.38 bits per heavy atom. The molecule has 1 unspecified atom stereocenters. The molecular weight excluding hydrogens is 172 g/mol. The molecule has 0 aliphatic rings. The lowest BCUT2D eigenvalue weighted by Gasteiger charge is -2.24. The number of hydrogen-bond acceptors (Lipinski definition) is 4. The molecule has 0 saturated carbocycles. The van der Waals surface area contributed by atoms with Crippen molar-refractivity contribution < 1.29 is 19.4 Å². The summed E-state index contributed by atoms with van der Waals surface area (Å²) in [6.07, 6.45) is 0.559. The van der Waals surface area contributed by atoms with Gasteiger partial charge in [0.25, 0.3) is 0 Å². The molecule has 0 aliphatic carbocycles. The Labute approximate surface area is 78.8 Å². The minimum atomic E-state index is -1.20. The lowest BCUT2D eigenvalue weighted by atomic mass is 10.2. The van der Waals surface area contributed by atoms with E-state index in [9.17, 15) is 9.90 Å². The molecule has 0 aromatic heterocycles. The van der Waals surface area contributed by atoms with E-state index in [0.29, 0.717) is 6.42 Å². The molecule has 4 nitrogen and oxygen atoms in total. The average Bonchev–Trinajstić information content (AvgIpc) is 2.00. The molecule has 0 amide bonds. The number of carbonyl (C=O) groups excluding carboxylic acids is 1. The van der Waals surface area contributed by atoms with Crippen LogP contribution in [0.5, 0.6) is 0 Å². The van der Waals surface area contributed by atoms with Crippen LogP contribution < -0.4 is 0 Å². The molecule has 0 radical (unpaired) electrons. The van der Waals surface area contributed by atoms with Crippen LogP contribution in [0.2, 0.25) is 0 Å². The van der Waals surface area contributed by atoms with E-state index in [4.69, 9.17) is 4.74 Å². The summed E-state index contributed by atoms with van der Waals surface area (Å²) in [6, 6.07) is 0. The van der Waals surface area contributed by atoms with Crippen molar-refractivity contribution in [2.45, 2.75) is 45.5 Å². The Morgan fingerprint density at radius 2 is 2.08 bits per heavy atom. The Hall–Kier alpha value is -0.610. The zero-order valence-corrected chi connectivity index (χ0v) is 8.66. The summed E-state index contributed by atoms with van der Waals surface area (Å²) in [5, 5.41) is 9.33. The van der Waals surface area contributed by atoms with E-state index in [-0.39, 0.29) is 18.5 Å². The second-order valence-corrected chi connectivity index (χ2v) is 3.38. The SMILES string of the molecule is CCC(CC(=O)OC)OC(C)(C)O. The van der Waals surface area contributed by atoms with Gasteiger partial charge < -0.3 is 14.6 Å². The van der Waals surface area contributed by atoms with Crippen molar-refractivity contribution in [3.63, 3.8) is 0 Å². The highest BCUT2D eigenvalue weighted by Gasteiger charge is 2.21. The van der Waals surface area contributed by atoms with E-state index in [2.05, 4.69) is 4.74 Å². The predicted octanol–water partition coefficient (Wildman–Crippen LogP) is 1.07. The third-order valence-corrected chi connectivity index (χ3v) is 1.53. The molecule has 0 heterocycles. The quantitative estimate of drug-likeness (QED) is 0.520. The Morgan fingerprint density at radius 1 is 1.54 bits per heavy atom. The van der Waals surface area contributed by atoms with Gasteiger partial charge in [-0.3, -0.25) is 4.79 Å². The summed E-state index contributed by atoms with van der Waals surface area (Å²) in [7, 11) is 1.33. The van der Waals surface area contributed by atoms with E-state index in [0.717, 1.165) is 0 Å². The van der Waals surface area contributed by atoms with Crippen molar-refractivity contribution in [2.75, 3.05) is 7.11 Å². The minimum Gasteiger partial charge on any atom is -0.469 e. The fraction of sp³-hybridized carbons (Fsp3) is 0.889. The maximum Gasteiger partial charge on any atom is 0.308 e. The number of hydrogen-bond donors (Lipinski definition) is 1. The third-order valence-electron chi connectivity index (χ3n) is 1.53. The molecule has 0 aliphatic heterocycles. The molecule has 1 N–H and O–H groups in total. The summed E-state index contributed by atoms with van der Waals surface area (Å²) in [4.78, 5) is 10.9. The molecular formula is C9H18O4. The van der Waals surface area contributed by atoms with Crippen molar-refractivity contribution in [1.82, 2.24) is 0 Å². The van der Waals surface area contributed by atoms with Gasteiger partial charge in [-0.05, 0) is 20.3 Å². The van der Waals surface area contributed by atoms with Gasteiger partial charge in [-0.2, -0.15) is 0 Å². The van der Waals surface area contributed by atoms with Gasteiger partial charge in [0, 0.05) is 0 Å². The summed E-state index contributed by atoms with van der Waals surface area (Å²) in [5.41, 5.74) is 0. The van der Waals surface area contributed by atoms with Crippen LogP contribution in [0, 0.1) is 0 Å². The lowest BCUT2D eigenvalue weighted by Crippen LogP contribution is -2.31. The minimum absolute atomic E-state index is 0.178. The molecule has 0 bridgehead atoms. The van der Waals surface area contributed by atoms with Crippen LogP contribution >= 0.6 is 0 Å². The van der Waals surface area contributed by atoms with Crippen molar-refractivity contribution >= 4 is 5.97 Å². The van der Waals surface area contributed by atoms with E-state index in [1.54, 1.807) is 0 Å². The van der Waals surface area contributed by atoms with Crippen LogP contribution in [0.1, 0.15) is 33.6 Å². The monoisotopic (exact) mass is 190 g/mol. The number of rotatable bonds is 5. The van der Waals surface area contributed by atoms with E-state index < -0.39 is 5.79 Å². The van der Waals surface area contributed by atoms with Crippen molar-refractivity contribution in [1.29, 1.82) is 0 Å². The van der Waals surface area contributed by atoms with Gasteiger partial charge in [0.2, 0.25) is 0 Å². The number of aliphatic hydroxyl groups is 1. The van der Waals surface area contributed by atoms with Crippen LogP contribution in [0.3, 0.4) is 0 Å². The number of ether oxygens (including phenoxy) is 2. The summed E-state index contributed by atoms with van der Waals surface area (Å²) in [5.74, 6) is -1.52. The smallest absolute Gasteiger partial charge is 0.308 e. The van der Waals surface area contributed by atoms with Gasteiger partial charge in [0.05, 0.1) is 19.6 Å². The first-order valence-corrected chi connectivity index (χ1v) is 4.36. The first-order chi connectivity index (χ1) is 5.89. The fourth-order valence-electron chi connectivity index (χ4n) is 0.946. The van der Waals surface area contributed by atoms with Gasteiger partial charge in [-0.25, -0.2) is 0 Å². The molecule has 0 aromatic carbocycles. The van der Waals surface area contributed by atoms with Crippen LogP contribution in [-0.2, 0) is 14.3 Å². The van der Waals surface area contributed by atoms with Crippen LogP contribution in [-0.4, -0.2) is 30.1 Å². The zero-order chi connectivity index (χ0) is 10.5. The second kappa shape index (κ2) is 5.19. The zero-order valence-electron chi connectivity index (χ0n) is 8.66. The standard InChI is InChI=1S/C9H18O4/c1-5-7(6-8(10)12-4)13-9(2,3)11/h7,11H,5-6H2,1-4H3. The maximum absolute atomic E-state index is 10.9. The van der Waals surface area contributed by atoms with Gasteiger partial charge >= 0.3 is 5.97 Å². The van der Waals surface area contributed by atoms with Crippen LogP contribution in [0.15, 0.2) is 0 Å². The molecule has 0 spiro atoms. The topological polar surface area (TPSA) is 55.8 Å². The van der Waals surface area contributed by atoms with Gasteiger partial charge in [0.1, 0.15) is 0 Å². The summed E-state index contributed by atoms with van der Waals surface area (Å²) >= 11 is 0. The second-order valence-electron chi connectivity index (χ2n) is 3.38. The highest BCUT2D eigenvalue weighted by atomic mass is 16.6. The number of methoxy groups -OCH3 is 1. The van der Waals surface area contributed by atoms with Crippen LogP contribution in [0.25, 0.3) is 0 Å². The maximum atomic E-state index is 10.9. The highest BCUT2D eigenvalue weighted by molar-refractivity contribution is 5.69. The molecule has 13 heavy (non-hydrogen) atoms. The molecule has 1 atom stereocenters. The van der Waals surface area contributed by atoms with Gasteiger partial charge in [0.15, 0.2) is 5.79 Å². The predicted molar refractivity (Wildman–Crippen MR) is 48.1 cm³/mol. The van der Waals surface area contributed by atoms with Gasteiger partial charge in [-0.15, -0.1) is 0 Å². The molecule has 78 valence electrons. The number of carbonyl (C=O) groups is 1. The third kappa shape index (κ3) is 6.54. The Balaban J connectivity index is 3.97. The fourth-order valence-corrected chi connectivity index (χ4v) is 0.946. The molecule has 0 fully saturated rings. The van der Waals surface area contributed by atoms with E-state index in [1.165, 1.54) is 21.0 Å². The average molecular weight is 190 g/mol. The molecule has 0 aromatic rings. The van der Waals surface area contributed by atoms with Crippen molar-refractivity contribution in [3.8, 4) is 0 Å². The highest BCUT2D eigenvalue weighted by Crippen LogP contribution is 2.13. The van der Waals surface area contributed by atoms with E-state index >= 15 is 0 Å². The lowest BCUT2D eigenvalue weighted by molar-refractivity contribution is -0.209. The molecule has 4 heteroatoms. The van der Waals surface area contributed by atoms with E-state index in [1.807, 2.05) is 6.92 Å². The normalized spacial score (nSPS) is 13.9. The van der Waals surface area contributed by atoms with Crippen molar-refractivity contribution in [2.24, 2.45) is 0 Å².